The lowest BCUT2D eigenvalue weighted by Crippen LogP contribution is -2.46. The third-order valence-electron chi connectivity index (χ3n) is 10.3. The Labute approximate surface area is 310 Å². The van der Waals surface area contributed by atoms with Crippen molar-refractivity contribution in [2.75, 3.05) is 6.61 Å². The number of aliphatic hydroxyl groups excluding tert-OH is 1. The summed E-state index contributed by atoms with van der Waals surface area (Å²) in [6, 6.07) is -0.818. The fourth-order valence-electron chi connectivity index (χ4n) is 7.00. The van der Waals surface area contributed by atoms with E-state index in [0.29, 0.717) is 12.8 Å². The Morgan fingerprint density at radius 3 is 1.08 bits per heavy atom. The monoisotopic (exact) mass is 732 g/mol. The quantitative estimate of drug-likeness (QED) is 0.0367. The summed E-state index contributed by atoms with van der Waals surface area (Å²) in [5.74, 6) is -0.188. The van der Waals surface area contributed by atoms with E-state index in [0.717, 1.165) is 38.5 Å². The third kappa shape index (κ3) is 38.8. The van der Waals surface area contributed by atoms with Gasteiger partial charge in [-0.15, -0.1) is 0 Å². The molecule has 300 valence electrons. The second-order valence-corrected chi connectivity index (χ2v) is 16.6. The molecule has 0 aromatic rings. The lowest BCUT2D eigenvalue weighted by molar-refractivity contribution is -0.123. The first-order valence-electron chi connectivity index (χ1n) is 22.0. The van der Waals surface area contributed by atoms with Crippen molar-refractivity contribution >= 4 is 13.7 Å². The Morgan fingerprint density at radius 2 is 0.780 bits per heavy atom. The number of aliphatic hydroxyl groups is 1. The minimum absolute atomic E-state index is 0.188. The maximum absolute atomic E-state index is 12.6. The van der Waals surface area contributed by atoms with E-state index < -0.39 is 26.6 Å². The average Bonchev–Trinajstić information content (AvgIpc) is 3.08. The highest BCUT2D eigenvalue weighted by atomic mass is 31.2. The first-order valence-corrected chi connectivity index (χ1v) is 23.5. The van der Waals surface area contributed by atoms with Gasteiger partial charge in [0.25, 0.3) is 0 Å². The molecule has 0 aliphatic carbocycles. The highest BCUT2D eigenvalue weighted by Crippen LogP contribution is 2.36. The van der Waals surface area contributed by atoms with Crippen molar-refractivity contribution in [2.24, 2.45) is 0 Å². The summed E-state index contributed by atoms with van der Waals surface area (Å²) < 4.78 is 16.0. The van der Waals surface area contributed by atoms with E-state index in [1.54, 1.807) is 0 Å². The molecule has 0 aromatic carbocycles. The molecule has 8 heteroatoms. The van der Waals surface area contributed by atoms with Crippen LogP contribution in [0.1, 0.15) is 245 Å². The average molecular weight is 732 g/mol. The van der Waals surface area contributed by atoms with Gasteiger partial charge in [-0.1, -0.05) is 226 Å². The van der Waals surface area contributed by atoms with Crippen molar-refractivity contribution in [2.45, 2.75) is 257 Å². The van der Waals surface area contributed by atoms with Crippen LogP contribution in [0.3, 0.4) is 0 Å². The fourth-order valence-corrected chi connectivity index (χ4v) is 7.35. The molecule has 0 radical (unpaired) electrons. The molecule has 0 rings (SSSR count). The van der Waals surface area contributed by atoms with Gasteiger partial charge in [-0.05, 0) is 12.8 Å². The first kappa shape index (κ1) is 49.5. The van der Waals surface area contributed by atoms with Gasteiger partial charge >= 0.3 is 7.82 Å². The van der Waals surface area contributed by atoms with E-state index >= 15 is 0 Å². The topological polar surface area (TPSA) is 116 Å². The SMILES string of the molecule is CCCCCCCCCCCCCCCCCCCCCC(=O)N[C@@H](COP(=O)(O)O)[C@H](O)CCCCCCCCCCCCCCCCC. The maximum atomic E-state index is 12.6. The van der Waals surface area contributed by atoms with Gasteiger partial charge in [0.2, 0.25) is 5.91 Å². The van der Waals surface area contributed by atoms with Crippen LogP contribution in [0.4, 0.5) is 0 Å². The molecule has 0 spiro atoms. The molecule has 0 heterocycles. The third-order valence-corrected chi connectivity index (χ3v) is 10.8. The maximum Gasteiger partial charge on any atom is 0.469 e. The minimum atomic E-state index is -4.69. The van der Waals surface area contributed by atoms with Gasteiger partial charge in [0.15, 0.2) is 0 Å². The number of hydrogen-bond donors (Lipinski definition) is 4. The lowest BCUT2D eigenvalue weighted by Gasteiger charge is -2.24. The smallest absolute Gasteiger partial charge is 0.391 e. The number of nitrogens with one attached hydrogen (secondary N) is 1. The van der Waals surface area contributed by atoms with Crippen molar-refractivity contribution in [3.05, 3.63) is 0 Å². The largest absolute Gasteiger partial charge is 0.469 e. The van der Waals surface area contributed by atoms with Gasteiger partial charge in [-0.3, -0.25) is 9.32 Å². The Bertz CT molecular complexity index is 748. The summed E-state index contributed by atoms with van der Waals surface area (Å²) >= 11 is 0. The highest BCUT2D eigenvalue weighted by Gasteiger charge is 2.25. The molecule has 0 bridgehead atoms. The molecule has 0 fully saturated rings. The zero-order valence-corrected chi connectivity index (χ0v) is 34.2. The number of carbonyl (C=O) groups excluding carboxylic acids is 1. The predicted octanol–water partition coefficient (Wildman–Crippen LogP) is 13.0. The predicted molar refractivity (Wildman–Crippen MR) is 213 cm³/mol. The van der Waals surface area contributed by atoms with Crippen molar-refractivity contribution in [3.63, 3.8) is 0 Å². The number of hydrogen-bond acceptors (Lipinski definition) is 4. The summed E-state index contributed by atoms with van der Waals surface area (Å²) in [7, 11) is -4.69. The van der Waals surface area contributed by atoms with Gasteiger partial charge in [0, 0.05) is 6.42 Å². The first-order chi connectivity index (χ1) is 24.3. The Morgan fingerprint density at radius 1 is 0.500 bits per heavy atom. The molecule has 0 unspecified atom stereocenters. The highest BCUT2D eigenvalue weighted by molar-refractivity contribution is 7.46. The van der Waals surface area contributed by atoms with Crippen LogP contribution >= 0.6 is 7.82 Å². The van der Waals surface area contributed by atoms with Crippen LogP contribution in [0.2, 0.25) is 0 Å². The zero-order valence-electron chi connectivity index (χ0n) is 33.3. The molecular formula is C42H86NO6P. The van der Waals surface area contributed by atoms with Crippen LogP contribution in [0.15, 0.2) is 0 Å². The summed E-state index contributed by atoms with van der Waals surface area (Å²) in [6.07, 6.45) is 43.7. The van der Waals surface area contributed by atoms with Crippen LogP contribution in [0.25, 0.3) is 0 Å². The van der Waals surface area contributed by atoms with Gasteiger partial charge < -0.3 is 20.2 Å². The minimum Gasteiger partial charge on any atom is -0.391 e. The number of carbonyl (C=O) groups is 1. The molecule has 0 saturated carbocycles. The van der Waals surface area contributed by atoms with Gasteiger partial charge in [-0.2, -0.15) is 0 Å². The number of unbranched alkanes of at least 4 members (excludes halogenated alkanes) is 32. The second kappa shape index (κ2) is 38.3. The number of phosphoric ester groups is 1. The van der Waals surface area contributed by atoms with Crippen molar-refractivity contribution in [1.82, 2.24) is 5.32 Å². The van der Waals surface area contributed by atoms with E-state index in [1.807, 2.05) is 0 Å². The van der Waals surface area contributed by atoms with Gasteiger partial charge in [-0.25, -0.2) is 4.57 Å². The number of rotatable bonds is 41. The molecule has 0 aromatic heterocycles. The molecular weight excluding hydrogens is 645 g/mol. The van der Waals surface area contributed by atoms with E-state index in [1.165, 1.54) is 180 Å². The van der Waals surface area contributed by atoms with Crippen LogP contribution in [-0.2, 0) is 13.9 Å². The molecule has 2 atom stereocenters. The molecule has 7 nitrogen and oxygen atoms in total. The zero-order chi connectivity index (χ0) is 36.8. The van der Waals surface area contributed by atoms with Crippen molar-refractivity contribution < 1.29 is 28.8 Å². The van der Waals surface area contributed by atoms with E-state index in [4.69, 9.17) is 0 Å². The summed E-state index contributed by atoms with van der Waals surface area (Å²) in [5, 5.41) is 13.5. The molecule has 4 N–H and O–H groups in total. The van der Waals surface area contributed by atoms with E-state index in [-0.39, 0.29) is 5.91 Å². The molecule has 0 saturated heterocycles. The number of amides is 1. The molecule has 1 amide bonds. The summed E-state index contributed by atoms with van der Waals surface area (Å²) in [6.45, 7) is 4.15. The van der Waals surface area contributed by atoms with Crippen LogP contribution in [0, 0.1) is 0 Å². The Kier molecular flexibility index (Phi) is 37.9. The van der Waals surface area contributed by atoms with Gasteiger partial charge in [0.05, 0.1) is 18.8 Å². The molecule has 0 aliphatic heterocycles. The molecule has 50 heavy (non-hydrogen) atoms. The van der Waals surface area contributed by atoms with E-state index in [2.05, 4.69) is 23.7 Å². The lowest BCUT2D eigenvalue weighted by atomic mass is 10.0. The Hall–Kier alpha value is -0.460. The Balaban J connectivity index is 3.84. The summed E-state index contributed by atoms with van der Waals surface area (Å²) in [4.78, 5) is 30.9. The number of phosphoric acid groups is 1. The fraction of sp³-hybridized carbons (Fsp3) is 0.976. The normalized spacial score (nSPS) is 13.1. The molecule has 0 aliphatic rings. The van der Waals surface area contributed by atoms with Crippen molar-refractivity contribution in [1.29, 1.82) is 0 Å². The van der Waals surface area contributed by atoms with Crippen LogP contribution in [0.5, 0.6) is 0 Å². The van der Waals surface area contributed by atoms with Crippen molar-refractivity contribution in [3.8, 4) is 0 Å². The standard InChI is InChI=1S/C42H86NO6P/c1-3-5-7-9-11-13-15-17-19-20-21-22-24-26-28-30-32-34-36-38-42(45)43-40(39-49-50(46,47)48)41(44)37-35-33-31-29-27-25-23-18-16-14-12-10-8-6-4-2/h40-41,44H,3-39H2,1-2H3,(H,43,45)(H2,46,47,48)/t40-,41+/m0/s1. The summed E-state index contributed by atoms with van der Waals surface area (Å²) in [5.41, 5.74) is 0. The van der Waals surface area contributed by atoms with Gasteiger partial charge in [0.1, 0.15) is 0 Å². The van der Waals surface area contributed by atoms with E-state index in [9.17, 15) is 24.3 Å². The van der Waals surface area contributed by atoms with Crippen LogP contribution < -0.4 is 5.32 Å². The van der Waals surface area contributed by atoms with Crippen LogP contribution in [-0.4, -0.2) is 39.6 Å². The second-order valence-electron chi connectivity index (χ2n) is 15.4.